The van der Waals surface area contributed by atoms with Gasteiger partial charge in [0.1, 0.15) is 5.69 Å². The largest absolute Gasteiger partial charge is 0.402 e. The van der Waals surface area contributed by atoms with Crippen LogP contribution in [0.5, 0.6) is 0 Å². The molecule has 8 heteroatoms. The molecule has 0 saturated heterocycles. The molecule has 0 bridgehead atoms. The van der Waals surface area contributed by atoms with E-state index in [1.165, 1.54) is 22.8 Å². The normalized spacial score (nSPS) is 12.3. The van der Waals surface area contributed by atoms with Gasteiger partial charge in [-0.2, -0.15) is 0 Å². The van der Waals surface area contributed by atoms with E-state index in [4.69, 9.17) is 5.73 Å². The van der Waals surface area contributed by atoms with Crippen LogP contribution in [0.25, 0.3) is 21.9 Å². The lowest BCUT2D eigenvalue weighted by Gasteiger charge is -2.19. The van der Waals surface area contributed by atoms with Crippen molar-refractivity contribution in [2.75, 3.05) is 6.26 Å². The zero-order chi connectivity index (χ0) is 26.9. The summed E-state index contributed by atoms with van der Waals surface area (Å²) in [5, 5.41) is 1.11. The number of allylic oxidation sites excluding steroid dienone is 2. The van der Waals surface area contributed by atoms with Crippen LogP contribution in [0.3, 0.4) is 0 Å². The van der Waals surface area contributed by atoms with Crippen molar-refractivity contribution >= 4 is 42.3 Å². The van der Waals surface area contributed by atoms with E-state index in [0.29, 0.717) is 27.6 Å². The van der Waals surface area contributed by atoms with Crippen molar-refractivity contribution in [1.82, 2.24) is 4.57 Å². The molecule has 6 nitrogen and oxygen atoms in total. The van der Waals surface area contributed by atoms with Crippen LogP contribution in [0.15, 0.2) is 98.7 Å². The SMILES string of the molecule is CC(C)C(N)=CC(=O)c1c(-c2ccccc2)c2cc(Br)ccc2c(=O)n1Cc1ccc(S(C)(=O)=O)cc1. The van der Waals surface area contributed by atoms with Gasteiger partial charge in [-0.15, -0.1) is 0 Å². The molecule has 4 rings (SSSR count). The van der Waals surface area contributed by atoms with Crippen LogP contribution in [-0.4, -0.2) is 25.0 Å². The first-order valence-electron chi connectivity index (χ1n) is 11.7. The van der Waals surface area contributed by atoms with Gasteiger partial charge in [0.15, 0.2) is 9.84 Å². The first-order chi connectivity index (χ1) is 17.5. The summed E-state index contributed by atoms with van der Waals surface area (Å²) < 4.78 is 26.1. The Hall–Kier alpha value is -3.49. The second-order valence-electron chi connectivity index (χ2n) is 9.25. The lowest BCUT2D eigenvalue weighted by molar-refractivity contribution is 0.103. The topological polar surface area (TPSA) is 99.2 Å². The van der Waals surface area contributed by atoms with Gasteiger partial charge in [-0.25, -0.2) is 8.42 Å². The molecule has 0 aliphatic carbocycles. The molecule has 0 radical (unpaired) electrons. The van der Waals surface area contributed by atoms with Crippen molar-refractivity contribution in [1.29, 1.82) is 0 Å². The minimum atomic E-state index is -3.37. The number of rotatable bonds is 7. The number of ketones is 1. The molecule has 0 unspecified atom stereocenters. The Bertz CT molecular complexity index is 1690. The number of halogens is 1. The maximum absolute atomic E-state index is 13.8. The van der Waals surface area contributed by atoms with E-state index in [-0.39, 0.29) is 34.4 Å². The number of nitrogens with two attached hydrogens (primary N) is 1. The molecule has 0 atom stereocenters. The van der Waals surface area contributed by atoms with Crippen molar-refractivity contribution in [3.8, 4) is 11.1 Å². The quantitative estimate of drug-likeness (QED) is 0.228. The highest BCUT2D eigenvalue weighted by Crippen LogP contribution is 2.33. The van der Waals surface area contributed by atoms with E-state index in [2.05, 4.69) is 15.9 Å². The molecule has 2 N–H and O–H groups in total. The van der Waals surface area contributed by atoms with Gasteiger partial charge in [0, 0.05) is 33.5 Å². The summed E-state index contributed by atoms with van der Waals surface area (Å²) in [6, 6.07) is 21.1. The maximum atomic E-state index is 13.8. The van der Waals surface area contributed by atoms with E-state index >= 15 is 0 Å². The highest BCUT2D eigenvalue weighted by molar-refractivity contribution is 9.10. The molecule has 0 aliphatic heterocycles. The Morgan fingerprint density at radius 3 is 2.24 bits per heavy atom. The fraction of sp³-hybridized carbons (Fsp3) is 0.172. The molecule has 4 aromatic rings. The summed E-state index contributed by atoms with van der Waals surface area (Å²) in [4.78, 5) is 27.9. The second kappa shape index (κ2) is 10.5. The number of hydrogen-bond acceptors (Lipinski definition) is 5. The fourth-order valence-corrected chi connectivity index (χ4v) is 5.13. The number of nitrogens with zero attached hydrogens (tertiary/aromatic N) is 1. The smallest absolute Gasteiger partial charge is 0.259 e. The average Bonchev–Trinajstić information content (AvgIpc) is 2.85. The predicted molar refractivity (Wildman–Crippen MR) is 151 cm³/mol. The van der Waals surface area contributed by atoms with Gasteiger partial charge in [0.25, 0.3) is 5.56 Å². The van der Waals surface area contributed by atoms with E-state index < -0.39 is 9.84 Å². The number of carbonyl (C=O) groups excluding carboxylic acids is 1. The summed E-state index contributed by atoms with van der Waals surface area (Å²) in [6.45, 7) is 3.86. The molecular formula is C29H27BrN2O4S. The average molecular weight is 580 g/mol. The van der Waals surface area contributed by atoms with Gasteiger partial charge in [-0.3, -0.25) is 14.2 Å². The summed E-state index contributed by atoms with van der Waals surface area (Å²) in [7, 11) is -3.37. The van der Waals surface area contributed by atoms with Crippen molar-refractivity contribution < 1.29 is 13.2 Å². The molecular weight excluding hydrogens is 552 g/mol. The maximum Gasteiger partial charge on any atom is 0.259 e. The third-order valence-electron chi connectivity index (χ3n) is 6.19. The van der Waals surface area contributed by atoms with Gasteiger partial charge in [-0.05, 0) is 52.8 Å². The predicted octanol–water partition coefficient (Wildman–Crippen LogP) is 5.56. The molecule has 37 heavy (non-hydrogen) atoms. The van der Waals surface area contributed by atoms with E-state index in [1.54, 1.807) is 24.3 Å². The van der Waals surface area contributed by atoms with Gasteiger partial charge in [-0.1, -0.05) is 72.2 Å². The van der Waals surface area contributed by atoms with Gasteiger partial charge in [0.2, 0.25) is 5.78 Å². The summed E-state index contributed by atoms with van der Waals surface area (Å²) in [6.07, 6.45) is 2.53. The van der Waals surface area contributed by atoms with Crippen LogP contribution in [0.4, 0.5) is 0 Å². The molecule has 0 fully saturated rings. The van der Waals surface area contributed by atoms with Crippen LogP contribution >= 0.6 is 15.9 Å². The summed E-state index contributed by atoms with van der Waals surface area (Å²) in [5.74, 6) is -0.431. The lowest BCUT2D eigenvalue weighted by atomic mass is 9.94. The highest BCUT2D eigenvalue weighted by Gasteiger charge is 2.23. The number of pyridine rings is 1. The minimum Gasteiger partial charge on any atom is -0.402 e. The monoisotopic (exact) mass is 578 g/mol. The molecule has 0 amide bonds. The number of fused-ring (bicyclic) bond motifs is 1. The van der Waals surface area contributed by atoms with Crippen LogP contribution < -0.4 is 11.3 Å². The Morgan fingerprint density at radius 2 is 1.65 bits per heavy atom. The Labute approximate surface area is 224 Å². The van der Waals surface area contributed by atoms with E-state index in [1.807, 2.05) is 50.2 Å². The van der Waals surface area contributed by atoms with Crippen LogP contribution in [0, 0.1) is 5.92 Å². The molecule has 0 aliphatic rings. The first kappa shape index (κ1) is 26.6. The first-order valence-corrected chi connectivity index (χ1v) is 14.4. The number of sulfone groups is 1. The molecule has 3 aromatic carbocycles. The van der Waals surface area contributed by atoms with Gasteiger partial charge >= 0.3 is 0 Å². The zero-order valence-electron chi connectivity index (χ0n) is 20.7. The number of aromatic nitrogens is 1. The van der Waals surface area contributed by atoms with Crippen molar-refractivity contribution in [2.45, 2.75) is 25.3 Å². The summed E-state index contributed by atoms with van der Waals surface area (Å²) in [5.41, 5.74) is 8.57. The van der Waals surface area contributed by atoms with Crippen LogP contribution in [-0.2, 0) is 16.4 Å². The standard InChI is InChI=1S/C29H27BrN2O4S/c1-18(2)25(31)16-26(33)28-27(20-7-5-4-6-8-20)24-15-21(30)11-14-23(24)29(34)32(28)17-19-9-12-22(13-10-19)37(3,35)36/h4-16,18H,17,31H2,1-3H3. The van der Waals surface area contributed by atoms with Crippen molar-refractivity contribution in [3.63, 3.8) is 0 Å². The Kier molecular flexibility index (Phi) is 7.52. The van der Waals surface area contributed by atoms with Crippen LogP contribution in [0.1, 0.15) is 29.9 Å². The van der Waals surface area contributed by atoms with Crippen molar-refractivity contribution in [2.24, 2.45) is 11.7 Å². The van der Waals surface area contributed by atoms with Gasteiger partial charge < -0.3 is 5.73 Å². The molecule has 0 saturated carbocycles. The highest BCUT2D eigenvalue weighted by atomic mass is 79.9. The Morgan fingerprint density at radius 1 is 1.00 bits per heavy atom. The van der Waals surface area contributed by atoms with Crippen molar-refractivity contribution in [3.05, 3.63) is 111 Å². The number of hydrogen-bond donors (Lipinski definition) is 1. The Balaban J connectivity index is 2.07. The lowest BCUT2D eigenvalue weighted by Crippen LogP contribution is -2.28. The zero-order valence-corrected chi connectivity index (χ0v) is 23.1. The number of carbonyl (C=O) groups is 1. The minimum absolute atomic E-state index is 0.0533. The van der Waals surface area contributed by atoms with Crippen LogP contribution in [0.2, 0.25) is 0 Å². The third kappa shape index (κ3) is 5.60. The molecule has 0 spiro atoms. The van der Waals surface area contributed by atoms with E-state index in [9.17, 15) is 18.0 Å². The number of benzene rings is 3. The summed E-state index contributed by atoms with van der Waals surface area (Å²) >= 11 is 3.50. The third-order valence-corrected chi connectivity index (χ3v) is 7.81. The molecule has 1 aromatic heterocycles. The molecule has 190 valence electrons. The van der Waals surface area contributed by atoms with Gasteiger partial charge in [0.05, 0.1) is 11.4 Å². The fourth-order valence-electron chi connectivity index (χ4n) is 4.13. The van der Waals surface area contributed by atoms with E-state index in [0.717, 1.165) is 16.3 Å². The second-order valence-corrected chi connectivity index (χ2v) is 12.2. The molecule has 1 heterocycles.